The van der Waals surface area contributed by atoms with E-state index in [-0.39, 0.29) is 49.4 Å². The molecule has 0 unspecified atom stereocenters. The molecule has 0 bridgehead atoms. The first-order valence-corrected chi connectivity index (χ1v) is 17.6. The average molecular weight is 732 g/mol. The minimum Gasteiger partial charge on any atom is -0.278 e. The van der Waals surface area contributed by atoms with Crippen LogP contribution >= 0.6 is 0 Å². The Morgan fingerprint density at radius 3 is 1.25 bits per heavy atom. The highest BCUT2D eigenvalue weighted by atomic mass is 15.3. The molecule has 11 rings (SSSR count). The molecule has 0 aliphatic rings. The first-order valence-electron chi connectivity index (χ1n) is 25.6. The van der Waals surface area contributed by atoms with Crippen LogP contribution in [0.15, 0.2) is 200 Å². The van der Waals surface area contributed by atoms with Crippen LogP contribution in [0.25, 0.3) is 100 Å². The Bertz CT molecular complexity index is 3860. The van der Waals surface area contributed by atoms with Crippen molar-refractivity contribution in [1.29, 1.82) is 0 Å². The van der Waals surface area contributed by atoms with Crippen molar-refractivity contribution in [3.8, 4) is 56.7 Å². The summed E-state index contributed by atoms with van der Waals surface area (Å²) in [6, 6.07) is 22.1. The Labute approximate surface area is 345 Å². The van der Waals surface area contributed by atoms with Crippen molar-refractivity contribution in [1.82, 2.24) is 24.1 Å². The second-order valence-electron chi connectivity index (χ2n) is 12.9. The lowest BCUT2D eigenvalue weighted by Crippen LogP contribution is -2.10. The van der Waals surface area contributed by atoms with Crippen molar-refractivity contribution >= 4 is 43.6 Å². The minimum absolute atomic E-state index is 0.146. The van der Waals surface area contributed by atoms with Gasteiger partial charge in [-0.3, -0.25) is 9.13 Å². The maximum absolute atomic E-state index is 9.26. The standard InChI is InChI=1S/C51H33N5/c1-2-17-34(18-3-1)35-19-16-20-36(33-35)37-21-4-5-22-38(37)39-23-6-7-28-44(39)49-52-50(55-45-29-12-8-24-40(45)41-25-9-13-30-46(41)55)54-51(53-49)56-47-31-14-10-26-42(47)43-27-11-15-32-48(43)56/h1-33H/i8D,9D,10D,11D,12D,13D,14D,15D,24D,25D,26D,27D,29D,30D,31D,32D. The first kappa shape index (κ1) is 19.6. The van der Waals surface area contributed by atoms with Crippen LogP contribution in [0.5, 0.6) is 0 Å². The van der Waals surface area contributed by atoms with Crippen molar-refractivity contribution in [2.45, 2.75) is 0 Å². The van der Waals surface area contributed by atoms with Gasteiger partial charge in [0.15, 0.2) is 5.82 Å². The lowest BCUT2D eigenvalue weighted by Gasteiger charge is -2.16. The highest BCUT2D eigenvalue weighted by Crippen LogP contribution is 2.40. The van der Waals surface area contributed by atoms with Gasteiger partial charge in [0.25, 0.3) is 0 Å². The van der Waals surface area contributed by atoms with Crippen LogP contribution in [0.3, 0.4) is 0 Å². The van der Waals surface area contributed by atoms with Gasteiger partial charge in [-0.15, -0.1) is 0 Å². The normalized spacial score (nSPS) is 15.6. The Hall–Kier alpha value is -7.63. The summed E-state index contributed by atoms with van der Waals surface area (Å²) in [5.41, 5.74) is 3.95. The van der Waals surface area contributed by atoms with Crippen LogP contribution in [0.4, 0.5) is 0 Å². The van der Waals surface area contributed by atoms with Gasteiger partial charge in [0, 0.05) is 27.1 Å². The predicted molar refractivity (Wildman–Crippen MR) is 230 cm³/mol. The molecule has 0 N–H and O–H groups in total. The number of para-hydroxylation sites is 4. The van der Waals surface area contributed by atoms with E-state index < -0.39 is 109 Å². The molecule has 5 nitrogen and oxygen atoms in total. The van der Waals surface area contributed by atoms with E-state index in [9.17, 15) is 5.48 Å². The Morgan fingerprint density at radius 1 is 0.339 bits per heavy atom. The van der Waals surface area contributed by atoms with Crippen LogP contribution in [0, 0.1) is 0 Å². The third kappa shape index (κ3) is 5.13. The number of fused-ring (bicyclic) bond motifs is 6. The summed E-state index contributed by atoms with van der Waals surface area (Å²) in [7, 11) is 0. The fourth-order valence-corrected chi connectivity index (χ4v) is 7.30. The number of nitrogens with zero attached hydrogens (tertiary/aromatic N) is 5. The van der Waals surface area contributed by atoms with E-state index in [1.165, 1.54) is 0 Å². The van der Waals surface area contributed by atoms with Crippen LogP contribution in [-0.2, 0) is 0 Å². The van der Waals surface area contributed by atoms with Crippen molar-refractivity contribution in [3.05, 3.63) is 200 Å². The molecule has 0 saturated heterocycles. The van der Waals surface area contributed by atoms with Gasteiger partial charge in [-0.25, -0.2) is 0 Å². The predicted octanol–water partition coefficient (Wildman–Crippen LogP) is 12.7. The van der Waals surface area contributed by atoms with Gasteiger partial charge in [0.1, 0.15) is 0 Å². The van der Waals surface area contributed by atoms with Gasteiger partial charge in [0.2, 0.25) is 11.9 Å². The van der Waals surface area contributed by atoms with E-state index >= 15 is 0 Å². The van der Waals surface area contributed by atoms with E-state index in [0.29, 0.717) is 16.7 Å². The fourth-order valence-electron chi connectivity index (χ4n) is 7.30. The topological polar surface area (TPSA) is 48.5 Å². The molecular weight excluding hydrogens is 683 g/mol. The summed E-state index contributed by atoms with van der Waals surface area (Å²) < 4.78 is 145. The zero-order chi connectivity index (χ0) is 50.9. The molecule has 3 aromatic heterocycles. The Kier molecular flexibility index (Phi) is 4.57. The summed E-state index contributed by atoms with van der Waals surface area (Å²) in [6.45, 7) is 0. The molecule has 56 heavy (non-hydrogen) atoms. The largest absolute Gasteiger partial charge is 0.278 e. The molecule has 0 saturated carbocycles. The monoisotopic (exact) mass is 731 g/mol. The quantitative estimate of drug-likeness (QED) is 0.171. The fraction of sp³-hybridized carbons (Fsp3) is 0. The molecule has 0 aliphatic carbocycles. The third-order valence-corrected chi connectivity index (χ3v) is 9.74. The van der Waals surface area contributed by atoms with Crippen LogP contribution in [-0.4, -0.2) is 24.1 Å². The van der Waals surface area contributed by atoms with Crippen molar-refractivity contribution < 1.29 is 21.9 Å². The molecule has 5 heteroatoms. The van der Waals surface area contributed by atoms with E-state index in [1.807, 2.05) is 78.9 Å². The molecule has 3 heterocycles. The van der Waals surface area contributed by atoms with Gasteiger partial charge < -0.3 is 0 Å². The zero-order valence-corrected chi connectivity index (χ0v) is 29.1. The zero-order valence-electron chi connectivity index (χ0n) is 45.1. The lowest BCUT2D eigenvalue weighted by atomic mass is 9.90. The SMILES string of the molecule is [2H]c1c([2H])c([2H])c2c(c1[2H])c1c([2H])c([2H])c([2H])c([2H])c1n2-c1nc(-c2ccccc2-c2ccccc2-c2cccc(-c3ccccc3)c2)nc(-n2c3c([2H])c([2H])c([2H])c([2H])c3c3c([2H])c([2H])c([2H])c([2H])c32)n1. The number of aromatic nitrogens is 5. The highest BCUT2D eigenvalue weighted by Gasteiger charge is 2.22. The molecule has 11 aromatic rings. The Balaban J connectivity index is 1.31. The van der Waals surface area contributed by atoms with Crippen LogP contribution in [0.1, 0.15) is 21.9 Å². The third-order valence-electron chi connectivity index (χ3n) is 9.74. The van der Waals surface area contributed by atoms with Gasteiger partial charge in [0.05, 0.1) is 44.0 Å². The number of rotatable bonds is 6. The molecule has 0 atom stereocenters. The summed E-state index contributed by atoms with van der Waals surface area (Å²) in [5, 5.41) is -1.06. The highest BCUT2D eigenvalue weighted by molar-refractivity contribution is 6.10. The molecule has 0 amide bonds. The van der Waals surface area contributed by atoms with Gasteiger partial charge in [-0.2, -0.15) is 15.0 Å². The number of hydrogen-bond acceptors (Lipinski definition) is 3. The number of benzene rings is 8. The van der Waals surface area contributed by atoms with E-state index in [2.05, 4.69) is 6.07 Å². The smallest absolute Gasteiger partial charge is 0.240 e. The maximum Gasteiger partial charge on any atom is 0.240 e. The van der Waals surface area contributed by atoms with Crippen LogP contribution in [0.2, 0.25) is 0 Å². The van der Waals surface area contributed by atoms with E-state index in [4.69, 9.17) is 31.4 Å². The van der Waals surface area contributed by atoms with E-state index in [0.717, 1.165) is 31.4 Å². The van der Waals surface area contributed by atoms with Crippen molar-refractivity contribution in [2.75, 3.05) is 0 Å². The lowest BCUT2D eigenvalue weighted by molar-refractivity contribution is 0.893. The summed E-state index contributed by atoms with van der Waals surface area (Å²) >= 11 is 0. The summed E-state index contributed by atoms with van der Waals surface area (Å²) in [4.78, 5) is 14.8. The molecule has 0 fully saturated rings. The van der Waals surface area contributed by atoms with Crippen molar-refractivity contribution in [2.24, 2.45) is 0 Å². The molecule has 8 aromatic carbocycles. The Morgan fingerprint density at radius 2 is 0.732 bits per heavy atom. The molecule has 0 aliphatic heterocycles. The maximum atomic E-state index is 9.26. The minimum atomic E-state index is -0.700. The molecule has 262 valence electrons. The average Bonchev–Trinajstić information content (AvgIpc) is 3.96. The second-order valence-corrected chi connectivity index (χ2v) is 12.9. The number of hydrogen-bond donors (Lipinski definition) is 0. The molecule has 0 radical (unpaired) electrons. The second kappa shape index (κ2) is 13.0. The summed E-state index contributed by atoms with van der Waals surface area (Å²) in [6.07, 6.45) is 0. The van der Waals surface area contributed by atoms with Crippen LogP contribution < -0.4 is 0 Å². The molecular formula is C51H33N5. The first-order chi connectivity index (χ1) is 34.4. The van der Waals surface area contributed by atoms with Gasteiger partial charge in [-0.1, -0.05) is 170 Å². The van der Waals surface area contributed by atoms with Gasteiger partial charge >= 0.3 is 0 Å². The van der Waals surface area contributed by atoms with Gasteiger partial charge in [-0.05, 0) is 63.6 Å². The van der Waals surface area contributed by atoms with E-state index in [1.54, 1.807) is 18.2 Å². The van der Waals surface area contributed by atoms with Crippen molar-refractivity contribution in [3.63, 3.8) is 0 Å². The summed E-state index contributed by atoms with van der Waals surface area (Å²) in [5.74, 6) is -1.09. The molecule has 0 spiro atoms.